The van der Waals surface area contributed by atoms with Crippen molar-refractivity contribution in [2.24, 2.45) is 5.84 Å². The number of nitrogens with zero attached hydrogens (tertiary/aromatic N) is 4. The Hall–Kier alpha value is -2.15. The van der Waals surface area contributed by atoms with Crippen LogP contribution in [0.1, 0.15) is 38.9 Å². The summed E-state index contributed by atoms with van der Waals surface area (Å²) in [6.45, 7) is 1.64. The number of hydrogen-bond donors (Lipinski definition) is 3. The van der Waals surface area contributed by atoms with E-state index < -0.39 is 36.3 Å². The molecule has 7 nitrogen and oxygen atoms in total. The Morgan fingerprint density at radius 3 is 2.31 bits per heavy atom. The first-order valence-corrected chi connectivity index (χ1v) is 8.91. The first-order valence-electron chi connectivity index (χ1n) is 8.91. The number of halogens is 6. The number of hydrogen-bond acceptors (Lipinski definition) is 7. The van der Waals surface area contributed by atoms with E-state index in [1.54, 1.807) is 13.1 Å². The van der Waals surface area contributed by atoms with Crippen LogP contribution in [0.4, 0.5) is 38.2 Å². The molecule has 29 heavy (non-hydrogen) atoms. The van der Waals surface area contributed by atoms with E-state index in [1.165, 1.54) is 0 Å². The van der Waals surface area contributed by atoms with E-state index in [9.17, 15) is 26.3 Å². The molecule has 1 aliphatic carbocycles. The highest BCUT2D eigenvalue weighted by molar-refractivity contribution is 5.63. The van der Waals surface area contributed by atoms with E-state index in [1.807, 2.05) is 0 Å². The van der Waals surface area contributed by atoms with Crippen LogP contribution in [0.25, 0.3) is 5.57 Å². The molecular weight excluding hydrogens is 404 g/mol. The molecule has 4 N–H and O–H groups in total. The zero-order valence-corrected chi connectivity index (χ0v) is 16.1. The van der Waals surface area contributed by atoms with E-state index in [-0.39, 0.29) is 16.9 Å². The first kappa shape index (κ1) is 23.1. The van der Waals surface area contributed by atoms with Gasteiger partial charge < -0.3 is 10.6 Å². The second kappa shape index (κ2) is 8.69. The van der Waals surface area contributed by atoms with Crippen molar-refractivity contribution in [3.05, 3.63) is 11.9 Å². The number of alkyl halides is 6. The number of nitrogens with one attached hydrogen (secondary N) is 2. The predicted molar refractivity (Wildman–Crippen MR) is 95.8 cm³/mol. The van der Waals surface area contributed by atoms with Crippen molar-refractivity contribution in [3.63, 3.8) is 0 Å². The fourth-order valence-electron chi connectivity index (χ4n) is 2.63. The molecule has 1 aromatic rings. The van der Waals surface area contributed by atoms with Crippen molar-refractivity contribution < 1.29 is 26.3 Å². The quantitative estimate of drug-likeness (QED) is 0.365. The van der Waals surface area contributed by atoms with Gasteiger partial charge in [-0.2, -0.15) is 41.3 Å². The van der Waals surface area contributed by atoms with Crippen molar-refractivity contribution >= 4 is 17.5 Å². The van der Waals surface area contributed by atoms with E-state index in [4.69, 9.17) is 5.84 Å². The average molecular weight is 427 g/mol. The largest absolute Gasteiger partial charge is 0.410 e. The van der Waals surface area contributed by atoms with Crippen molar-refractivity contribution in [1.29, 1.82) is 0 Å². The van der Waals surface area contributed by atoms with Crippen molar-refractivity contribution in [2.75, 3.05) is 17.4 Å². The number of aromatic nitrogens is 3. The van der Waals surface area contributed by atoms with Crippen LogP contribution in [0.5, 0.6) is 0 Å². The lowest BCUT2D eigenvalue weighted by molar-refractivity contribution is -0.145. The van der Waals surface area contributed by atoms with Gasteiger partial charge in [0, 0.05) is 6.04 Å². The minimum absolute atomic E-state index is 0.00690. The normalized spacial score (nSPS) is 20.1. The fraction of sp³-hybridized carbons (Fsp3) is 0.688. The summed E-state index contributed by atoms with van der Waals surface area (Å²) in [5, 5.41) is 5.39. The Balaban J connectivity index is 2.47. The summed E-state index contributed by atoms with van der Waals surface area (Å²) >= 11 is 0. The van der Waals surface area contributed by atoms with Gasteiger partial charge in [0.15, 0.2) is 5.82 Å². The van der Waals surface area contributed by atoms with Crippen LogP contribution in [0.2, 0.25) is 0 Å². The van der Waals surface area contributed by atoms with E-state index in [0.717, 1.165) is 26.7 Å². The molecule has 3 atom stereocenters. The summed E-state index contributed by atoms with van der Waals surface area (Å²) in [5.74, 6) is 4.44. The highest BCUT2D eigenvalue weighted by atomic mass is 19.4. The van der Waals surface area contributed by atoms with Gasteiger partial charge in [-0.25, -0.2) is 5.84 Å². The van der Waals surface area contributed by atoms with Gasteiger partial charge in [0.1, 0.15) is 12.1 Å². The van der Waals surface area contributed by atoms with Gasteiger partial charge in [0.2, 0.25) is 11.9 Å². The molecule has 0 radical (unpaired) electrons. The third-order valence-corrected chi connectivity index (χ3v) is 4.60. The smallest absolute Gasteiger partial charge is 0.343 e. The monoisotopic (exact) mass is 427 g/mol. The maximum absolute atomic E-state index is 13.0. The summed E-state index contributed by atoms with van der Waals surface area (Å²) < 4.78 is 77.8. The molecule has 0 saturated heterocycles. The maximum Gasteiger partial charge on any atom is 0.410 e. The predicted octanol–water partition coefficient (Wildman–Crippen LogP) is 3.02. The number of likely N-dealkylation sites (N-methyl/N-ethyl adjacent to an activating group) is 1. The standard InChI is InChI=1S/C16H23F6N7/c1-8(15(17,18)19)25-13-26-12(10-5-4-6-11(7-10)24-3)27-14(28-13)29(23)9(2)16(20,21)22/h7-9,11,24H,4-6,23H2,1-3H3,(H,25,26,27,28)/t8-,9-,11?/m1/s1. The molecule has 1 unspecified atom stereocenters. The van der Waals surface area contributed by atoms with Crippen molar-refractivity contribution in [3.8, 4) is 0 Å². The minimum atomic E-state index is -4.68. The summed E-state index contributed by atoms with van der Waals surface area (Å²) in [7, 11) is 1.74. The second-order valence-electron chi connectivity index (χ2n) is 6.79. The lowest BCUT2D eigenvalue weighted by Gasteiger charge is -2.27. The van der Waals surface area contributed by atoms with Gasteiger partial charge >= 0.3 is 12.4 Å². The summed E-state index contributed by atoms with van der Waals surface area (Å²) in [5.41, 5.74) is 0.593. The Bertz CT molecular complexity index is 733. The number of anilines is 2. The summed E-state index contributed by atoms with van der Waals surface area (Å²) in [4.78, 5) is 11.7. The SMILES string of the molecule is CNC1C=C(c2nc(N[C@H](C)C(F)(F)F)nc(N(N)[C@H](C)C(F)(F)F)n2)CCC1. The topological polar surface area (TPSA) is 92.0 Å². The van der Waals surface area contributed by atoms with E-state index in [2.05, 4.69) is 25.6 Å². The Morgan fingerprint density at radius 2 is 1.76 bits per heavy atom. The van der Waals surface area contributed by atoms with Gasteiger partial charge in [0.25, 0.3) is 0 Å². The van der Waals surface area contributed by atoms with Crippen LogP contribution in [-0.2, 0) is 0 Å². The Kier molecular flexibility index (Phi) is 6.93. The molecule has 0 saturated carbocycles. The van der Waals surface area contributed by atoms with Crippen LogP contribution in [0.15, 0.2) is 6.08 Å². The molecule has 1 aliphatic rings. The van der Waals surface area contributed by atoms with Crippen LogP contribution >= 0.6 is 0 Å². The highest BCUT2D eigenvalue weighted by Crippen LogP contribution is 2.29. The zero-order valence-electron chi connectivity index (χ0n) is 16.1. The zero-order chi connectivity index (χ0) is 22.0. The highest BCUT2D eigenvalue weighted by Gasteiger charge is 2.41. The van der Waals surface area contributed by atoms with Gasteiger partial charge in [0.05, 0.1) is 0 Å². The Morgan fingerprint density at radius 1 is 1.10 bits per heavy atom. The van der Waals surface area contributed by atoms with Crippen LogP contribution in [-0.4, -0.2) is 52.5 Å². The summed E-state index contributed by atoms with van der Waals surface area (Å²) in [6, 6.07) is -4.19. The molecule has 0 bridgehead atoms. The van der Waals surface area contributed by atoms with Gasteiger partial charge in [-0.05, 0) is 45.7 Å². The van der Waals surface area contributed by atoms with Crippen LogP contribution < -0.4 is 21.5 Å². The Labute approximate surface area is 163 Å². The molecule has 13 heteroatoms. The van der Waals surface area contributed by atoms with Gasteiger partial charge in [-0.15, -0.1) is 0 Å². The average Bonchev–Trinajstić information content (AvgIpc) is 2.65. The molecule has 2 rings (SSSR count). The summed E-state index contributed by atoms with van der Waals surface area (Å²) in [6.07, 6.45) is -5.37. The number of rotatable bonds is 6. The molecule has 1 heterocycles. The first-order chi connectivity index (χ1) is 13.3. The number of allylic oxidation sites excluding steroid dienone is 1. The second-order valence-corrected chi connectivity index (χ2v) is 6.79. The third-order valence-electron chi connectivity index (χ3n) is 4.60. The van der Waals surface area contributed by atoms with Gasteiger partial charge in [-0.3, -0.25) is 5.01 Å². The molecule has 1 aromatic heterocycles. The van der Waals surface area contributed by atoms with E-state index in [0.29, 0.717) is 12.0 Å². The van der Waals surface area contributed by atoms with Crippen LogP contribution in [0.3, 0.4) is 0 Å². The molecule has 0 fully saturated rings. The lowest BCUT2D eigenvalue weighted by Crippen LogP contribution is -2.49. The van der Waals surface area contributed by atoms with Gasteiger partial charge in [-0.1, -0.05) is 6.08 Å². The molecule has 0 aromatic carbocycles. The van der Waals surface area contributed by atoms with Crippen molar-refractivity contribution in [1.82, 2.24) is 20.3 Å². The number of nitrogens with two attached hydrogens (primary N) is 1. The maximum atomic E-state index is 13.0. The minimum Gasteiger partial charge on any atom is -0.343 e. The molecule has 0 aliphatic heterocycles. The third kappa shape index (κ3) is 5.92. The molecule has 0 spiro atoms. The van der Waals surface area contributed by atoms with Crippen LogP contribution in [0, 0.1) is 0 Å². The van der Waals surface area contributed by atoms with Crippen molar-refractivity contribution in [2.45, 2.75) is 63.6 Å². The lowest BCUT2D eigenvalue weighted by atomic mass is 9.95. The van der Waals surface area contributed by atoms with E-state index >= 15 is 0 Å². The molecular formula is C16H23F6N7. The molecule has 0 amide bonds. The number of hydrazine groups is 1. The molecule has 164 valence electrons. The fourth-order valence-corrected chi connectivity index (χ4v) is 2.63.